The number of carbonyl (C=O) groups is 1. The van der Waals surface area contributed by atoms with Crippen LogP contribution in [0.25, 0.3) is 0 Å². The monoisotopic (exact) mass is 282 g/mol. The van der Waals surface area contributed by atoms with Crippen LogP contribution in [0.5, 0.6) is 0 Å². The van der Waals surface area contributed by atoms with E-state index >= 15 is 0 Å². The van der Waals surface area contributed by atoms with Crippen LogP contribution in [-0.4, -0.2) is 49.7 Å². The molecule has 4 heteroatoms. The fourth-order valence-corrected chi connectivity index (χ4v) is 3.57. The predicted octanol–water partition coefficient (Wildman–Crippen LogP) is 2.04. The Bertz CT molecular complexity index is 335. The molecule has 0 saturated carbocycles. The highest BCUT2D eigenvalue weighted by atomic mass is 16.5. The molecule has 2 fully saturated rings. The molecule has 2 rings (SSSR count). The van der Waals surface area contributed by atoms with Crippen molar-refractivity contribution in [3.05, 3.63) is 0 Å². The Kier molecular flexibility index (Phi) is 4.75. The Morgan fingerprint density at radius 3 is 2.20 bits per heavy atom. The molecule has 0 radical (unpaired) electrons. The molecule has 2 aliphatic heterocycles. The Morgan fingerprint density at radius 2 is 1.75 bits per heavy atom. The van der Waals surface area contributed by atoms with Crippen LogP contribution in [0, 0.1) is 11.3 Å². The highest BCUT2D eigenvalue weighted by Gasteiger charge is 2.43. The minimum Gasteiger partial charge on any atom is -0.368 e. The van der Waals surface area contributed by atoms with E-state index in [-0.39, 0.29) is 5.91 Å². The number of likely N-dealkylation sites (tertiary alicyclic amines) is 1. The molecule has 1 N–H and O–H groups in total. The smallest absolute Gasteiger partial charge is 0.254 e. The van der Waals surface area contributed by atoms with Gasteiger partial charge in [0.2, 0.25) is 0 Å². The molecule has 4 nitrogen and oxygen atoms in total. The predicted molar refractivity (Wildman–Crippen MR) is 80.6 cm³/mol. The van der Waals surface area contributed by atoms with Crippen molar-refractivity contribution in [2.75, 3.05) is 33.3 Å². The van der Waals surface area contributed by atoms with Crippen molar-refractivity contribution < 1.29 is 9.53 Å². The SMILES string of the molecule is COC1(C(=O)N2CCC(C(C)(C)C)CC2)CCNCC1. The second-order valence-electron chi connectivity index (χ2n) is 7.38. The van der Waals surface area contributed by atoms with Crippen molar-refractivity contribution in [2.45, 2.75) is 52.1 Å². The molecule has 0 atom stereocenters. The molecule has 2 heterocycles. The Labute approximate surface area is 123 Å². The number of hydrogen-bond donors (Lipinski definition) is 1. The van der Waals surface area contributed by atoms with Crippen molar-refractivity contribution >= 4 is 5.91 Å². The van der Waals surface area contributed by atoms with Crippen LogP contribution in [0.3, 0.4) is 0 Å². The van der Waals surface area contributed by atoms with Gasteiger partial charge >= 0.3 is 0 Å². The van der Waals surface area contributed by atoms with Crippen LogP contribution < -0.4 is 5.32 Å². The van der Waals surface area contributed by atoms with E-state index in [1.807, 2.05) is 4.90 Å². The average Bonchev–Trinajstić information content (AvgIpc) is 2.46. The second kappa shape index (κ2) is 6.02. The standard InChI is InChI=1S/C16H30N2O2/c1-15(2,3)13-5-11-18(12-6-13)14(19)16(20-4)7-9-17-10-8-16/h13,17H,5-12H2,1-4H3. The Balaban J connectivity index is 1.97. The number of nitrogens with one attached hydrogen (secondary N) is 1. The van der Waals surface area contributed by atoms with E-state index in [2.05, 4.69) is 26.1 Å². The number of piperidine rings is 2. The molecule has 0 aromatic rings. The van der Waals surface area contributed by atoms with E-state index in [1.165, 1.54) is 0 Å². The van der Waals surface area contributed by atoms with Gasteiger partial charge in [0.25, 0.3) is 5.91 Å². The summed E-state index contributed by atoms with van der Waals surface area (Å²) >= 11 is 0. The quantitative estimate of drug-likeness (QED) is 0.843. The van der Waals surface area contributed by atoms with Gasteiger partial charge in [-0.05, 0) is 50.1 Å². The summed E-state index contributed by atoms with van der Waals surface area (Å²) in [6.45, 7) is 10.4. The van der Waals surface area contributed by atoms with Crippen LogP contribution in [0.4, 0.5) is 0 Å². The lowest BCUT2D eigenvalue weighted by Gasteiger charge is -2.43. The van der Waals surface area contributed by atoms with Crippen LogP contribution in [-0.2, 0) is 9.53 Å². The van der Waals surface area contributed by atoms with Gasteiger partial charge in [-0.2, -0.15) is 0 Å². The van der Waals surface area contributed by atoms with Gasteiger partial charge in [0, 0.05) is 20.2 Å². The maximum Gasteiger partial charge on any atom is 0.254 e. The number of rotatable bonds is 2. The molecule has 0 spiro atoms. The number of carbonyl (C=O) groups excluding carboxylic acids is 1. The Hall–Kier alpha value is -0.610. The molecule has 0 unspecified atom stereocenters. The average molecular weight is 282 g/mol. The van der Waals surface area contributed by atoms with Crippen LogP contribution in [0.15, 0.2) is 0 Å². The number of amides is 1. The van der Waals surface area contributed by atoms with Crippen molar-refractivity contribution in [1.29, 1.82) is 0 Å². The van der Waals surface area contributed by atoms with E-state index in [1.54, 1.807) is 7.11 Å². The number of methoxy groups -OCH3 is 1. The zero-order valence-corrected chi connectivity index (χ0v) is 13.5. The van der Waals surface area contributed by atoms with Gasteiger partial charge in [0.15, 0.2) is 0 Å². The summed E-state index contributed by atoms with van der Waals surface area (Å²) in [4.78, 5) is 14.9. The fourth-order valence-electron chi connectivity index (χ4n) is 3.57. The largest absolute Gasteiger partial charge is 0.368 e. The van der Waals surface area contributed by atoms with E-state index in [0.717, 1.165) is 57.8 Å². The molecule has 20 heavy (non-hydrogen) atoms. The lowest BCUT2D eigenvalue weighted by Crippen LogP contribution is -2.57. The summed E-state index contributed by atoms with van der Waals surface area (Å²) in [5.41, 5.74) is -0.220. The highest BCUT2D eigenvalue weighted by molar-refractivity contribution is 5.85. The lowest BCUT2D eigenvalue weighted by atomic mass is 9.75. The molecular formula is C16H30N2O2. The molecule has 0 aromatic carbocycles. The summed E-state index contributed by atoms with van der Waals surface area (Å²) in [6, 6.07) is 0. The molecule has 1 amide bonds. The highest BCUT2D eigenvalue weighted by Crippen LogP contribution is 2.35. The summed E-state index contributed by atoms with van der Waals surface area (Å²) < 4.78 is 5.66. The van der Waals surface area contributed by atoms with Gasteiger partial charge in [-0.15, -0.1) is 0 Å². The normalized spacial score (nSPS) is 24.7. The molecule has 0 bridgehead atoms. The van der Waals surface area contributed by atoms with Gasteiger partial charge in [-0.3, -0.25) is 4.79 Å². The van der Waals surface area contributed by atoms with Crippen LogP contribution in [0.1, 0.15) is 46.5 Å². The first kappa shape index (κ1) is 15.8. The Morgan fingerprint density at radius 1 is 1.20 bits per heavy atom. The minimum atomic E-state index is -0.570. The van der Waals surface area contributed by atoms with Crippen molar-refractivity contribution in [3.63, 3.8) is 0 Å². The zero-order valence-electron chi connectivity index (χ0n) is 13.5. The molecule has 0 aliphatic carbocycles. The van der Waals surface area contributed by atoms with Gasteiger partial charge in [-0.1, -0.05) is 20.8 Å². The maximum atomic E-state index is 12.8. The maximum absolute atomic E-state index is 12.8. The van der Waals surface area contributed by atoms with Crippen molar-refractivity contribution in [1.82, 2.24) is 10.2 Å². The van der Waals surface area contributed by atoms with Crippen molar-refractivity contribution in [2.24, 2.45) is 11.3 Å². The van der Waals surface area contributed by atoms with E-state index < -0.39 is 5.60 Å². The van der Waals surface area contributed by atoms with Gasteiger partial charge in [-0.25, -0.2) is 0 Å². The third kappa shape index (κ3) is 3.17. The summed E-state index contributed by atoms with van der Waals surface area (Å²) in [5.74, 6) is 0.937. The van der Waals surface area contributed by atoms with E-state index in [4.69, 9.17) is 4.74 Å². The molecular weight excluding hydrogens is 252 g/mol. The first-order chi connectivity index (χ1) is 9.39. The second-order valence-corrected chi connectivity index (χ2v) is 7.38. The van der Waals surface area contributed by atoms with Gasteiger partial charge < -0.3 is 15.0 Å². The third-order valence-electron chi connectivity index (χ3n) is 5.20. The number of ether oxygens (including phenoxy) is 1. The molecule has 116 valence electrons. The first-order valence-corrected chi connectivity index (χ1v) is 7.94. The summed E-state index contributed by atoms with van der Waals surface area (Å²) in [6.07, 6.45) is 3.82. The molecule has 2 aliphatic rings. The first-order valence-electron chi connectivity index (χ1n) is 7.94. The van der Waals surface area contributed by atoms with Gasteiger partial charge in [0.1, 0.15) is 5.60 Å². The number of nitrogens with zero attached hydrogens (tertiary/aromatic N) is 1. The van der Waals surface area contributed by atoms with Crippen LogP contribution in [0.2, 0.25) is 0 Å². The summed E-state index contributed by atoms with van der Waals surface area (Å²) in [5, 5.41) is 3.31. The third-order valence-corrected chi connectivity index (χ3v) is 5.20. The zero-order chi connectivity index (χ0) is 14.8. The minimum absolute atomic E-state index is 0.217. The van der Waals surface area contributed by atoms with E-state index in [0.29, 0.717) is 5.41 Å². The van der Waals surface area contributed by atoms with Gasteiger partial charge in [0.05, 0.1) is 0 Å². The molecule has 2 saturated heterocycles. The molecule has 0 aromatic heterocycles. The summed E-state index contributed by atoms with van der Waals surface area (Å²) in [7, 11) is 1.69. The van der Waals surface area contributed by atoms with E-state index in [9.17, 15) is 4.79 Å². The van der Waals surface area contributed by atoms with Crippen molar-refractivity contribution in [3.8, 4) is 0 Å². The van der Waals surface area contributed by atoms with Crippen LogP contribution >= 0.6 is 0 Å². The topological polar surface area (TPSA) is 41.6 Å². The lowest BCUT2D eigenvalue weighted by molar-refractivity contribution is -0.160. The number of hydrogen-bond acceptors (Lipinski definition) is 3. The fraction of sp³-hybridized carbons (Fsp3) is 0.938.